The Balaban J connectivity index is 1.90. The van der Waals surface area contributed by atoms with Crippen LogP contribution < -0.4 is 10.1 Å². The third-order valence-electron chi connectivity index (χ3n) is 2.67. The van der Waals surface area contributed by atoms with Gasteiger partial charge >= 0.3 is 6.09 Å². The molecule has 5 heteroatoms. The standard InChI is InChI=1S/C16H17NO3S/c1-21-12-20-15-10-6-5-9-14(15)17-16(18)19-11-13-7-3-2-4-8-13/h2-10H,11-12H2,1H3,(H,17,18). The first kappa shape index (κ1) is 15.3. The van der Waals surface area contributed by atoms with E-state index in [4.69, 9.17) is 9.47 Å². The average molecular weight is 303 g/mol. The Morgan fingerprint density at radius 1 is 1.10 bits per heavy atom. The van der Waals surface area contributed by atoms with Crippen LogP contribution in [0.15, 0.2) is 54.6 Å². The Morgan fingerprint density at radius 2 is 1.81 bits per heavy atom. The van der Waals surface area contributed by atoms with Gasteiger partial charge in [0.05, 0.1) is 5.69 Å². The fourth-order valence-electron chi connectivity index (χ4n) is 1.69. The van der Waals surface area contributed by atoms with Gasteiger partial charge in [-0.2, -0.15) is 0 Å². The molecular weight excluding hydrogens is 286 g/mol. The molecule has 0 saturated heterocycles. The van der Waals surface area contributed by atoms with Crippen molar-refractivity contribution in [2.24, 2.45) is 0 Å². The van der Waals surface area contributed by atoms with Gasteiger partial charge in [0, 0.05) is 0 Å². The van der Waals surface area contributed by atoms with Crippen LogP contribution >= 0.6 is 11.8 Å². The first-order chi connectivity index (χ1) is 10.3. The van der Waals surface area contributed by atoms with E-state index in [-0.39, 0.29) is 6.61 Å². The van der Waals surface area contributed by atoms with E-state index in [0.717, 1.165) is 5.56 Å². The smallest absolute Gasteiger partial charge is 0.412 e. The number of carbonyl (C=O) groups is 1. The second kappa shape index (κ2) is 8.21. The van der Waals surface area contributed by atoms with E-state index in [1.54, 1.807) is 17.8 Å². The van der Waals surface area contributed by atoms with Gasteiger partial charge in [-0.1, -0.05) is 42.5 Å². The van der Waals surface area contributed by atoms with Crippen molar-refractivity contribution in [3.05, 3.63) is 60.2 Å². The van der Waals surface area contributed by atoms with Crippen molar-refractivity contribution < 1.29 is 14.3 Å². The van der Waals surface area contributed by atoms with Crippen LogP contribution in [0.2, 0.25) is 0 Å². The number of amides is 1. The monoisotopic (exact) mass is 303 g/mol. The van der Waals surface area contributed by atoms with Gasteiger partial charge in [-0.15, -0.1) is 11.8 Å². The minimum absolute atomic E-state index is 0.237. The third-order valence-corrected chi connectivity index (χ3v) is 3.02. The Hall–Kier alpha value is -2.14. The summed E-state index contributed by atoms with van der Waals surface area (Å²) in [5.41, 5.74) is 1.55. The largest absolute Gasteiger partial charge is 0.481 e. The molecule has 110 valence electrons. The Morgan fingerprint density at radius 3 is 2.57 bits per heavy atom. The summed E-state index contributed by atoms with van der Waals surface area (Å²) in [7, 11) is 0. The van der Waals surface area contributed by atoms with Crippen LogP contribution in [0.1, 0.15) is 5.56 Å². The van der Waals surface area contributed by atoms with Crippen LogP contribution in [0.25, 0.3) is 0 Å². The Kier molecular flexibility index (Phi) is 5.97. The van der Waals surface area contributed by atoms with Crippen molar-refractivity contribution in [1.82, 2.24) is 0 Å². The highest BCUT2D eigenvalue weighted by Crippen LogP contribution is 2.24. The minimum Gasteiger partial charge on any atom is -0.481 e. The van der Waals surface area contributed by atoms with E-state index in [9.17, 15) is 4.79 Å². The quantitative estimate of drug-likeness (QED) is 0.815. The number of hydrogen-bond acceptors (Lipinski definition) is 4. The topological polar surface area (TPSA) is 47.6 Å². The molecule has 0 saturated carbocycles. The zero-order valence-corrected chi connectivity index (χ0v) is 12.6. The second-order valence-electron chi connectivity index (χ2n) is 4.23. The Bertz CT molecular complexity index is 575. The number of anilines is 1. The Labute approximate surface area is 128 Å². The SMILES string of the molecule is CSCOc1ccccc1NC(=O)OCc1ccccc1. The van der Waals surface area contributed by atoms with Gasteiger partial charge in [0.1, 0.15) is 18.3 Å². The molecule has 0 bridgehead atoms. The predicted octanol–water partition coefficient (Wildman–Crippen LogP) is 4.13. The molecule has 0 radical (unpaired) electrons. The maximum absolute atomic E-state index is 11.8. The molecule has 1 N–H and O–H groups in total. The molecule has 1 amide bonds. The fourth-order valence-corrected chi connectivity index (χ4v) is 1.93. The van der Waals surface area contributed by atoms with Gasteiger partial charge in [-0.05, 0) is 24.0 Å². The highest BCUT2D eigenvalue weighted by molar-refractivity contribution is 7.98. The highest BCUT2D eigenvalue weighted by atomic mass is 32.2. The van der Waals surface area contributed by atoms with Crippen LogP contribution in [-0.4, -0.2) is 18.3 Å². The zero-order valence-electron chi connectivity index (χ0n) is 11.7. The molecule has 4 nitrogen and oxygen atoms in total. The molecule has 2 aromatic carbocycles. The van der Waals surface area contributed by atoms with E-state index >= 15 is 0 Å². The summed E-state index contributed by atoms with van der Waals surface area (Å²) in [6.45, 7) is 0.237. The number of carbonyl (C=O) groups excluding carboxylic acids is 1. The number of para-hydroxylation sites is 2. The molecule has 2 rings (SSSR count). The maximum atomic E-state index is 11.8. The average Bonchev–Trinajstić information content (AvgIpc) is 2.53. The number of thioether (sulfide) groups is 1. The van der Waals surface area contributed by atoms with Crippen LogP contribution in [-0.2, 0) is 11.3 Å². The fraction of sp³-hybridized carbons (Fsp3) is 0.188. The molecule has 0 atom stereocenters. The minimum atomic E-state index is -0.501. The van der Waals surface area contributed by atoms with Gasteiger partial charge in [0.25, 0.3) is 0 Å². The predicted molar refractivity (Wildman–Crippen MR) is 85.7 cm³/mol. The van der Waals surface area contributed by atoms with Crippen molar-refractivity contribution in [2.75, 3.05) is 17.5 Å². The van der Waals surface area contributed by atoms with Gasteiger partial charge in [0.2, 0.25) is 0 Å². The van der Waals surface area contributed by atoms with Crippen LogP contribution in [0, 0.1) is 0 Å². The van der Waals surface area contributed by atoms with E-state index < -0.39 is 6.09 Å². The number of nitrogens with one attached hydrogen (secondary N) is 1. The van der Waals surface area contributed by atoms with Crippen molar-refractivity contribution in [3.63, 3.8) is 0 Å². The molecular formula is C16H17NO3S. The summed E-state index contributed by atoms with van der Waals surface area (Å²) in [5.74, 6) is 1.15. The molecule has 21 heavy (non-hydrogen) atoms. The van der Waals surface area contributed by atoms with E-state index in [2.05, 4.69) is 5.32 Å². The summed E-state index contributed by atoms with van der Waals surface area (Å²) in [6.07, 6.45) is 1.45. The zero-order chi connectivity index (χ0) is 14.9. The molecule has 0 aliphatic carbocycles. The number of rotatable bonds is 6. The lowest BCUT2D eigenvalue weighted by atomic mass is 10.2. The second-order valence-corrected chi connectivity index (χ2v) is 5.05. The molecule has 0 spiro atoms. The van der Waals surface area contributed by atoms with Crippen LogP contribution in [0.4, 0.5) is 10.5 Å². The molecule has 2 aromatic rings. The van der Waals surface area contributed by atoms with E-state index in [1.807, 2.05) is 54.8 Å². The number of benzene rings is 2. The third kappa shape index (κ3) is 5.04. The van der Waals surface area contributed by atoms with Crippen molar-refractivity contribution in [1.29, 1.82) is 0 Å². The summed E-state index contributed by atoms with van der Waals surface area (Å²) >= 11 is 1.57. The van der Waals surface area contributed by atoms with Gasteiger partial charge in [0.15, 0.2) is 0 Å². The highest BCUT2D eigenvalue weighted by Gasteiger charge is 2.08. The summed E-state index contributed by atoms with van der Waals surface area (Å²) in [5, 5.41) is 2.69. The van der Waals surface area contributed by atoms with Gasteiger partial charge < -0.3 is 9.47 Å². The van der Waals surface area contributed by atoms with E-state index in [1.165, 1.54) is 0 Å². The number of ether oxygens (including phenoxy) is 2. The molecule has 0 aromatic heterocycles. The lowest BCUT2D eigenvalue weighted by Gasteiger charge is -2.12. The first-order valence-corrected chi connectivity index (χ1v) is 7.87. The molecule has 0 heterocycles. The lowest BCUT2D eigenvalue weighted by molar-refractivity contribution is 0.155. The van der Waals surface area contributed by atoms with Crippen LogP contribution in [0.5, 0.6) is 5.75 Å². The van der Waals surface area contributed by atoms with Crippen molar-refractivity contribution in [2.45, 2.75) is 6.61 Å². The van der Waals surface area contributed by atoms with Crippen LogP contribution in [0.3, 0.4) is 0 Å². The molecule has 0 aliphatic rings. The summed E-state index contributed by atoms with van der Waals surface area (Å²) in [4.78, 5) is 11.8. The van der Waals surface area contributed by atoms with Crippen molar-refractivity contribution >= 4 is 23.5 Å². The summed E-state index contributed by atoms with van der Waals surface area (Å²) in [6, 6.07) is 16.8. The normalized spacial score (nSPS) is 9.95. The van der Waals surface area contributed by atoms with Gasteiger partial charge in [-0.3, -0.25) is 5.32 Å². The lowest BCUT2D eigenvalue weighted by Crippen LogP contribution is -2.14. The summed E-state index contributed by atoms with van der Waals surface area (Å²) < 4.78 is 10.7. The maximum Gasteiger partial charge on any atom is 0.412 e. The van der Waals surface area contributed by atoms with Gasteiger partial charge in [-0.25, -0.2) is 4.79 Å². The molecule has 0 aliphatic heterocycles. The van der Waals surface area contributed by atoms with Crippen molar-refractivity contribution in [3.8, 4) is 5.75 Å². The molecule has 0 fully saturated rings. The number of hydrogen-bond donors (Lipinski definition) is 1. The first-order valence-electron chi connectivity index (χ1n) is 6.48. The molecule has 0 unspecified atom stereocenters. The van der Waals surface area contributed by atoms with E-state index in [0.29, 0.717) is 17.4 Å².